The first-order valence-electron chi connectivity index (χ1n) is 9.71. The zero-order valence-corrected chi connectivity index (χ0v) is 17.1. The van der Waals surface area contributed by atoms with Crippen LogP contribution in [0.1, 0.15) is 44.6 Å². The first-order chi connectivity index (χ1) is 13.7. The summed E-state index contributed by atoms with van der Waals surface area (Å²) in [4.78, 5) is 18.5. The molecule has 146 valence electrons. The van der Waals surface area contributed by atoms with Crippen molar-refractivity contribution in [3.63, 3.8) is 0 Å². The molecule has 0 atom stereocenters. The quantitative estimate of drug-likeness (QED) is 0.598. The predicted molar refractivity (Wildman–Crippen MR) is 112 cm³/mol. The van der Waals surface area contributed by atoms with Crippen molar-refractivity contribution in [1.82, 2.24) is 25.1 Å². The molecule has 3 aromatic rings. The lowest BCUT2D eigenvalue weighted by molar-refractivity contribution is -0.119. The van der Waals surface area contributed by atoms with Crippen LogP contribution < -0.4 is 11.1 Å². The van der Waals surface area contributed by atoms with E-state index in [0.29, 0.717) is 23.5 Å². The Morgan fingerprint density at radius 1 is 1.29 bits per heavy atom. The number of hydrogen-bond acceptors (Lipinski definition) is 7. The molecule has 5 rings (SSSR count). The van der Waals surface area contributed by atoms with Crippen molar-refractivity contribution in [2.75, 3.05) is 11.5 Å². The summed E-state index contributed by atoms with van der Waals surface area (Å²) in [6.45, 7) is 0. The van der Waals surface area contributed by atoms with E-state index in [1.165, 1.54) is 24.6 Å². The number of nitrogens with zero attached hydrogens (tertiary/aromatic N) is 4. The fourth-order valence-corrected chi connectivity index (χ4v) is 5.64. The third-order valence-corrected chi connectivity index (χ3v) is 7.41. The lowest BCUT2D eigenvalue weighted by atomic mass is 10.2. The van der Waals surface area contributed by atoms with Gasteiger partial charge in [0.2, 0.25) is 5.91 Å². The van der Waals surface area contributed by atoms with Crippen molar-refractivity contribution in [2.24, 2.45) is 0 Å². The summed E-state index contributed by atoms with van der Waals surface area (Å²) in [5.74, 6) is 1.24. The second kappa shape index (κ2) is 7.36. The van der Waals surface area contributed by atoms with Gasteiger partial charge in [0.15, 0.2) is 11.0 Å². The Kier molecular flexibility index (Phi) is 4.72. The van der Waals surface area contributed by atoms with Gasteiger partial charge in [-0.05, 0) is 37.8 Å². The fourth-order valence-electron chi connectivity index (χ4n) is 3.78. The molecule has 3 aromatic heterocycles. The van der Waals surface area contributed by atoms with Crippen LogP contribution in [-0.4, -0.2) is 37.5 Å². The lowest BCUT2D eigenvalue weighted by Crippen LogP contribution is -2.33. The fraction of sp³-hybridized carbons (Fsp3) is 0.474. The number of pyridine rings is 1. The molecule has 2 aliphatic carbocycles. The van der Waals surface area contributed by atoms with E-state index < -0.39 is 0 Å². The SMILES string of the molecule is Nc1c(-c2nnc(SCC(=O)NC3CCCC3)n2C2CC2)sc2ncccc12. The van der Waals surface area contributed by atoms with E-state index in [9.17, 15) is 4.79 Å². The maximum atomic E-state index is 12.3. The molecule has 3 N–H and O–H groups in total. The standard InChI is InChI=1S/C19H22N6OS2/c20-15-13-6-3-9-21-18(13)28-16(15)17-23-24-19(25(17)12-7-8-12)27-10-14(26)22-11-4-1-2-5-11/h3,6,9,11-12H,1-2,4-5,7-8,10,20H2,(H,22,26). The second-order valence-corrected chi connectivity index (χ2v) is 9.39. The van der Waals surface area contributed by atoms with E-state index >= 15 is 0 Å². The number of amides is 1. The number of hydrogen-bond donors (Lipinski definition) is 2. The summed E-state index contributed by atoms with van der Waals surface area (Å²) in [7, 11) is 0. The van der Waals surface area contributed by atoms with Crippen LogP contribution in [0.5, 0.6) is 0 Å². The van der Waals surface area contributed by atoms with Gasteiger partial charge in [-0.15, -0.1) is 21.5 Å². The van der Waals surface area contributed by atoms with Crippen molar-refractivity contribution in [3.8, 4) is 10.7 Å². The molecule has 2 saturated carbocycles. The molecule has 0 aliphatic heterocycles. The number of anilines is 1. The Labute approximate surface area is 171 Å². The summed E-state index contributed by atoms with van der Waals surface area (Å²) in [6, 6.07) is 4.61. The van der Waals surface area contributed by atoms with Gasteiger partial charge in [0.1, 0.15) is 4.83 Å². The molecule has 2 fully saturated rings. The van der Waals surface area contributed by atoms with Gasteiger partial charge in [0, 0.05) is 23.7 Å². The van der Waals surface area contributed by atoms with Crippen LogP contribution in [0.25, 0.3) is 20.9 Å². The highest BCUT2D eigenvalue weighted by atomic mass is 32.2. The van der Waals surface area contributed by atoms with Gasteiger partial charge in [-0.1, -0.05) is 24.6 Å². The van der Waals surface area contributed by atoms with E-state index in [1.807, 2.05) is 12.1 Å². The molecule has 0 saturated heterocycles. The van der Waals surface area contributed by atoms with E-state index in [-0.39, 0.29) is 5.91 Å². The number of nitrogens with one attached hydrogen (secondary N) is 1. The number of thioether (sulfide) groups is 1. The van der Waals surface area contributed by atoms with Crippen LogP contribution in [0, 0.1) is 0 Å². The van der Waals surface area contributed by atoms with Crippen LogP contribution in [0.4, 0.5) is 5.69 Å². The molecule has 9 heteroatoms. The van der Waals surface area contributed by atoms with E-state index in [4.69, 9.17) is 5.73 Å². The van der Waals surface area contributed by atoms with Crippen LogP contribution in [0.2, 0.25) is 0 Å². The van der Waals surface area contributed by atoms with Crippen LogP contribution in [-0.2, 0) is 4.79 Å². The number of fused-ring (bicyclic) bond motifs is 1. The van der Waals surface area contributed by atoms with Gasteiger partial charge in [0.25, 0.3) is 0 Å². The van der Waals surface area contributed by atoms with Crippen molar-refractivity contribution in [2.45, 2.75) is 55.8 Å². The van der Waals surface area contributed by atoms with Crippen LogP contribution >= 0.6 is 23.1 Å². The molecule has 0 aromatic carbocycles. The minimum Gasteiger partial charge on any atom is -0.397 e. The van der Waals surface area contributed by atoms with Gasteiger partial charge >= 0.3 is 0 Å². The minimum atomic E-state index is 0.0781. The maximum absolute atomic E-state index is 12.3. The highest BCUT2D eigenvalue weighted by Crippen LogP contribution is 2.45. The Balaban J connectivity index is 1.39. The summed E-state index contributed by atoms with van der Waals surface area (Å²) >= 11 is 3.01. The smallest absolute Gasteiger partial charge is 0.230 e. The van der Waals surface area contributed by atoms with Crippen LogP contribution in [0.3, 0.4) is 0 Å². The molecule has 0 bridgehead atoms. The largest absolute Gasteiger partial charge is 0.397 e. The molecule has 1 amide bonds. The predicted octanol–water partition coefficient (Wildman–Crippen LogP) is 3.62. The van der Waals surface area contributed by atoms with Gasteiger partial charge in [-0.3, -0.25) is 9.36 Å². The number of aromatic nitrogens is 4. The average Bonchev–Trinajstić information content (AvgIpc) is 3.11. The second-order valence-electron chi connectivity index (χ2n) is 7.45. The van der Waals surface area contributed by atoms with E-state index in [1.54, 1.807) is 17.5 Å². The number of nitrogens with two attached hydrogens (primary N) is 1. The highest BCUT2D eigenvalue weighted by Gasteiger charge is 2.32. The molecule has 7 nitrogen and oxygen atoms in total. The van der Waals surface area contributed by atoms with E-state index in [0.717, 1.165) is 51.8 Å². The first-order valence-corrected chi connectivity index (χ1v) is 11.5. The summed E-state index contributed by atoms with van der Waals surface area (Å²) in [6.07, 6.45) is 8.60. The molecule has 2 aliphatic rings. The summed E-state index contributed by atoms with van der Waals surface area (Å²) in [5, 5.41) is 13.7. The zero-order chi connectivity index (χ0) is 19.1. The Morgan fingerprint density at radius 2 is 2.11 bits per heavy atom. The number of nitrogen functional groups attached to an aromatic ring is 1. The number of thiophene rings is 1. The first kappa shape index (κ1) is 17.9. The molecule has 0 spiro atoms. The summed E-state index contributed by atoms with van der Waals surface area (Å²) < 4.78 is 2.16. The zero-order valence-electron chi connectivity index (χ0n) is 15.4. The van der Waals surface area contributed by atoms with Crippen molar-refractivity contribution < 1.29 is 4.79 Å². The van der Waals surface area contributed by atoms with Crippen molar-refractivity contribution in [3.05, 3.63) is 18.3 Å². The Morgan fingerprint density at radius 3 is 2.86 bits per heavy atom. The van der Waals surface area contributed by atoms with Crippen molar-refractivity contribution in [1.29, 1.82) is 0 Å². The maximum Gasteiger partial charge on any atom is 0.230 e. The van der Waals surface area contributed by atoms with Crippen LogP contribution in [0.15, 0.2) is 23.5 Å². The molecular weight excluding hydrogens is 392 g/mol. The van der Waals surface area contributed by atoms with Crippen molar-refractivity contribution >= 4 is 44.9 Å². The lowest BCUT2D eigenvalue weighted by Gasteiger charge is -2.12. The molecule has 0 unspecified atom stereocenters. The molecule has 0 radical (unpaired) electrons. The Bertz CT molecular complexity index is 1020. The van der Waals surface area contributed by atoms with Gasteiger partial charge in [-0.25, -0.2) is 4.98 Å². The van der Waals surface area contributed by atoms with E-state index in [2.05, 4.69) is 25.1 Å². The normalized spacial score (nSPS) is 17.4. The monoisotopic (exact) mass is 414 g/mol. The van der Waals surface area contributed by atoms with Gasteiger partial charge in [-0.2, -0.15) is 0 Å². The third kappa shape index (κ3) is 3.37. The molecule has 28 heavy (non-hydrogen) atoms. The third-order valence-electron chi connectivity index (χ3n) is 5.34. The number of carbonyl (C=O) groups excluding carboxylic acids is 1. The van der Waals surface area contributed by atoms with Gasteiger partial charge < -0.3 is 11.1 Å². The number of rotatable bonds is 6. The highest BCUT2D eigenvalue weighted by molar-refractivity contribution is 7.99. The topological polar surface area (TPSA) is 98.7 Å². The summed E-state index contributed by atoms with van der Waals surface area (Å²) in [5.41, 5.74) is 7.11. The molecular formula is C19H22N6OS2. The minimum absolute atomic E-state index is 0.0781. The van der Waals surface area contributed by atoms with Gasteiger partial charge in [0.05, 0.1) is 16.3 Å². The number of carbonyl (C=O) groups is 1. The Hall–Kier alpha value is -2.13. The average molecular weight is 415 g/mol. The molecule has 3 heterocycles.